The summed E-state index contributed by atoms with van der Waals surface area (Å²) in [5.41, 5.74) is 3.82. The minimum Gasteiger partial charge on any atom is -0.376 e. The van der Waals surface area contributed by atoms with Crippen molar-refractivity contribution in [2.75, 3.05) is 29.0 Å². The Bertz CT molecular complexity index is 1110. The van der Waals surface area contributed by atoms with Gasteiger partial charge in [0.15, 0.2) is 0 Å². The van der Waals surface area contributed by atoms with Crippen molar-refractivity contribution in [1.29, 1.82) is 0 Å². The average molecular weight is 431 g/mol. The monoisotopic (exact) mass is 430 g/mol. The van der Waals surface area contributed by atoms with Crippen LogP contribution in [0.25, 0.3) is 0 Å². The van der Waals surface area contributed by atoms with Crippen molar-refractivity contribution in [3.05, 3.63) is 89.5 Å². The number of nitrogens with one attached hydrogen (secondary N) is 4. The average Bonchev–Trinajstić information content (AvgIpc) is 2.80. The minimum atomic E-state index is -0.254. The van der Waals surface area contributed by atoms with Gasteiger partial charge in [-0.3, -0.25) is 14.4 Å². The van der Waals surface area contributed by atoms with Crippen molar-refractivity contribution in [2.45, 2.75) is 13.8 Å². The van der Waals surface area contributed by atoms with Gasteiger partial charge in [0.2, 0.25) is 5.91 Å². The quantitative estimate of drug-likeness (QED) is 0.433. The second kappa shape index (κ2) is 10.8. The highest BCUT2D eigenvalue weighted by atomic mass is 16.2. The van der Waals surface area contributed by atoms with Crippen LogP contribution in [0.2, 0.25) is 0 Å². The first-order valence-corrected chi connectivity index (χ1v) is 10.4. The van der Waals surface area contributed by atoms with Gasteiger partial charge in [0.1, 0.15) is 0 Å². The van der Waals surface area contributed by atoms with Crippen molar-refractivity contribution in [3.63, 3.8) is 0 Å². The Morgan fingerprint density at radius 2 is 1.44 bits per heavy atom. The van der Waals surface area contributed by atoms with E-state index in [0.717, 1.165) is 11.3 Å². The van der Waals surface area contributed by atoms with Crippen LogP contribution in [0.15, 0.2) is 72.8 Å². The van der Waals surface area contributed by atoms with Crippen molar-refractivity contribution in [3.8, 4) is 0 Å². The molecule has 0 unspecified atom stereocenters. The molecular weight excluding hydrogens is 404 g/mol. The van der Waals surface area contributed by atoms with E-state index in [1.54, 1.807) is 36.4 Å². The molecule has 7 nitrogen and oxygen atoms in total. The van der Waals surface area contributed by atoms with E-state index in [9.17, 15) is 14.4 Å². The van der Waals surface area contributed by atoms with Crippen LogP contribution in [0, 0.1) is 6.92 Å². The zero-order valence-electron chi connectivity index (χ0n) is 18.1. The predicted octanol–water partition coefficient (Wildman–Crippen LogP) is 4.05. The summed E-state index contributed by atoms with van der Waals surface area (Å²) >= 11 is 0. The summed E-state index contributed by atoms with van der Waals surface area (Å²) in [6.07, 6.45) is 0. The summed E-state index contributed by atoms with van der Waals surface area (Å²) in [4.78, 5) is 36.8. The Morgan fingerprint density at radius 1 is 0.750 bits per heavy atom. The van der Waals surface area contributed by atoms with E-state index in [1.807, 2.05) is 50.2 Å². The molecule has 3 amide bonds. The molecule has 3 aromatic rings. The molecule has 0 saturated carbocycles. The largest absolute Gasteiger partial charge is 0.376 e. The number of anilines is 3. The van der Waals surface area contributed by atoms with Crippen LogP contribution in [0.1, 0.15) is 33.2 Å². The predicted molar refractivity (Wildman–Crippen MR) is 127 cm³/mol. The molecule has 3 rings (SSSR count). The molecule has 0 aliphatic carbocycles. The standard InChI is InChI=1S/C25H26N4O3/c1-3-26-24(31)19-11-7-12-20(15-19)28-23(30)16-27-21-13-8-14-22(17(21)2)29-25(32)18-9-5-4-6-10-18/h4-15,27H,3,16H2,1-2H3,(H,26,31)(H,28,30)(H,29,32). The Kier molecular flexibility index (Phi) is 7.59. The molecule has 0 spiro atoms. The third-order valence-corrected chi connectivity index (χ3v) is 4.80. The van der Waals surface area contributed by atoms with Crippen molar-refractivity contribution < 1.29 is 14.4 Å². The van der Waals surface area contributed by atoms with E-state index in [-0.39, 0.29) is 24.3 Å². The van der Waals surface area contributed by atoms with E-state index in [0.29, 0.717) is 29.0 Å². The van der Waals surface area contributed by atoms with Gasteiger partial charge in [-0.25, -0.2) is 0 Å². The van der Waals surface area contributed by atoms with E-state index in [2.05, 4.69) is 21.3 Å². The number of hydrogen-bond donors (Lipinski definition) is 4. The summed E-state index contributed by atoms with van der Waals surface area (Å²) in [5.74, 6) is -0.640. The summed E-state index contributed by atoms with van der Waals surface area (Å²) in [7, 11) is 0. The van der Waals surface area contributed by atoms with Gasteiger partial charge in [0.05, 0.1) is 6.54 Å². The molecule has 7 heteroatoms. The maximum Gasteiger partial charge on any atom is 0.255 e. The van der Waals surface area contributed by atoms with E-state index < -0.39 is 0 Å². The van der Waals surface area contributed by atoms with Gasteiger partial charge in [0, 0.05) is 34.7 Å². The fourth-order valence-electron chi connectivity index (χ4n) is 3.13. The van der Waals surface area contributed by atoms with Gasteiger partial charge in [-0.1, -0.05) is 30.3 Å². The van der Waals surface area contributed by atoms with E-state index in [1.165, 1.54) is 0 Å². The molecular formula is C25H26N4O3. The third kappa shape index (κ3) is 5.95. The lowest BCUT2D eigenvalue weighted by molar-refractivity contribution is -0.114. The highest BCUT2D eigenvalue weighted by Crippen LogP contribution is 2.24. The smallest absolute Gasteiger partial charge is 0.255 e. The lowest BCUT2D eigenvalue weighted by atomic mass is 10.1. The van der Waals surface area contributed by atoms with Crippen molar-refractivity contribution >= 4 is 34.8 Å². The molecule has 0 aliphatic heterocycles. The number of carbonyl (C=O) groups excluding carboxylic acids is 3. The first-order chi connectivity index (χ1) is 15.5. The lowest BCUT2D eigenvalue weighted by Crippen LogP contribution is -2.24. The van der Waals surface area contributed by atoms with Gasteiger partial charge in [-0.15, -0.1) is 0 Å². The molecule has 0 saturated heterocycles. The van der Waals surface area contributed by atoms with Gasteiger partial charge in [-0.05, 0) is 61.9 Å². The van der Waals surface area contributed by atoms with Crippen LogP contribution in [0.4, 0.5) is 17.1 Å². The molecule has 164 valence electrons. The van der Waals surface area contributed by atoms with Crippen LogP contribution in [-0.4, -0.2) is 30.8 Å². The molecule has 0 fully saturated rings. The molecule has 0 aromatic heterocycles. The molecule has 4 N–H and O–H groups in total. The molecule has 0 heterocycles. The number of hydrogen-bond acceptors (Lipinski definition) is 4. The zero-order valence-corrected chi connectivity index (χ0v) is 18.1. The van der Waals surface area contributed by atoms with Crippen LogP contribution in [-0.2, 0) is 4.79 Å². The van der Waals surface area contributed by atoms with Gasteiger partial charge < -0.3 is 21.3 Å². The Morgan fingerprint density at radius 3 is 2.19 bits per heavy atom. The molecule has 0 bridgehead atoms. The van der Waals surface area contributed by atoms with Gasteiger partial charge >= 0.3 is 0 Å². The molecule has 32 heavy (non-hydrogen) atoms. The topological polar surface area (TPSA) is 99.3 Å². The van der Waals surface area contributed by atoms with Crippen LogP contribution in [0.5, 0.6) is 0 Å². The fraction of sp³-hybridized carbons (Fsp3) is 0.160. The minimum absolute atomic E-state index is 0.0301. The lowest BCUT2D eigenvalue weighted by Gasteiger charge is -2.14. The number of amides is 3. The van der Waals surface area contributed by atoms with E-state index in [4.69, 9.17) is 0 Å². The fourth-order valence-corrected chi connectivity index (χ4v) is 3.13. The number of carbonyl (C=O) groups is 3. The summed E-state index contributed by atoms with van der Waals surface area (Å²) < 4.78 is 0. The normalized spacial score (nSPS) is 10.2. The maximum atomic E-state index is 12.4. The number of benzene rings is 3. The third-order valence-electron chi connectivity index (χ3n) is 4.80. The molecule has 0 atom stereocenters. The Hall–Kier alpha value is -4.13. The summed E-state index contributed by atoms with van der Waals surface area (Å²) in [6.45, 7) is 4.28. The van der Waals surface area contributed by atoms with Gasteiger partial charge in [0.25, 0.3) is 11.8 Å². The van der Waals surface area contributed by atoms with Crippen LogP contribution < -0.4 is 21.3 Å². The highest BCUT2D eigenvalue weighted by molar-refractivity contribution is 6.05. The Balaban J connectivity index is 1.60. The summed E-state index contributed by atoms with van der Waals surface area (Å²) in [6, 6.07) is 21.2. The Labute approximate surface area is 187 Å². The number of rotatable bonds is 8. The van der Waals surface area contributed by atoms with Crippen molar-refractivity contribution in [2.24, 2.45) is 0 Å². The highest BCUT2D eigenvalue weighted by Gasteiger charge is 2.11. The molecule has 0 radical (unpaired) electrons. The van der Waals surface area contributed by atoms with Crippen LogP contribution in [0.3, 0.4) is 0 Å². The van der Waals surface area contributed by atoms with Crippen LogP contribution >= 0.6 is 0 Å². The SMILES string of the molecule is CCNC(=O)c1cccc(NC(=O)CNc2cccc(NC(=O)c3ccccc3)c2C)c1. The van der Waals surface area contributed by atoms with Crippen molar-refractivity contribution in [1.82, 2.24) is 5.32 Å². The van der Waals surface area contributed by atoms with E-state index >= 15 is 0 Å². The first kappa shape index (κ1) is 22.6. The summed E-state index contributed by atoms with van der Waals surface area (Å²) in [5, 5.41) is 11.5. The first-order valence-electron chi connectivity index (χ1n) is 10.4. The van der Waals surface area contributed by atoms with Gasteiger partial charge in [-0.2, -0.15) is 0 Å². The maximum absolute atomic E-state index is 12.4. The second-order valence-electron chi connectivity index (χ2n) is 7.14. The molecule has 3 aromatic carbocycles. The second-order valence-corrected chi connectivity index (χ2v) is 7.14. The molecule has 0 aliphatic rings. The zero-order chi connectivity index (χ0) is 22.9.